The summed E-state index contributed by atoms with van der Waals surface area (Å²) in [7, 11) is 0. The van der Waals surface area contributed by atoms with E-state index in [-0.39, 0.29) is 0 Å². The summed E-state index contributed by atoms with van der Waals surface area (Å²) in [6, 6.07) is 10.4. The fourth-order valence-corrected chi connectivity index (χ4v) is 2.75. The standard InChI is InChI=1S/C15H20BrNO/c16-14-9-11-17(12-10-14)15(18)8-4-7-13-5-2-1-3-6-13/h1-3,5-6,14H,4,7-12H2. The van der Waals surface area contributed by atoms with Crippen LogP contribution < -0.4 is 0 Å². The van der Waals surface area contributed by atoms with Gasteiger partial charge in [0.15, 0.2) is 0 Å². The molecule has 1 saturated heterocycles. The molecule has 2 nitrogen and oxygen atoms in total. The molecule has 18 heavy (non-hydrogen) atoms. The highest BCUT2D eigenvalue weighted by atomic mass is 79.9. The van der Waals surface area contributed by atoms with Gasteiger partial charge < -0.3 is 4.90 Å². The number of benzene rings is 1. The molecule has 0 atom stereocenters. The Kier molecular flexibility index (Phi) is 5.24. The number of alkyl halides is 1. The predicted molar refractivity (Wildman–Crippen MR) is 77.9 cm³/mol. The minimum absolute atomic E-state index is 0.324. The van der Waals surface area contributed by atoms with Crippen LogP contribution in [-0.4, -0.2) is 28.7 Å². The van der Waals surface area contributed by atoms with Crippen molar-refractivity contribution in [2.45, 2.75) is 36.9 Å². The Hall–Kier alpha value is -0.830. The Labute approximate surface area is 117 Å². The van der Waals surface area contributed by atoms with E-state index in [4.69, 9.17) is 0 Å². The molecule has 1 amide bonds. The average Bonchev–Trinajstić information content (AvgIpc) is 2.40. The van der Waals surface area contributed by atoms with Crippen molar-refractivity contribution in [3.63, 3.8) is 0 Å². The normalized spacial score (nSPS) is 16.8. The SMILES string of the molecule is O=C(CCCc1ccccc1)N1CCC(Br)CC1. The van der Waals surface area contributed by atoms with Gasteiger partial charge in [0.1, 0.15) is 0 Å². The first kappa shape index (κ1) is 13.6. The van der Waals surface area contributed by atoms with Crippen molar-refractivity contribution < 1.29 is 4.79 Å². The Balaban J connectivity index is 1.69. The molecule has 0 N–H and O–H groups in total. The summed E-state index contributed by atoms with van der Waals surface area (Å²) < 4.78 is 0. The molecule has 0 aromatic heterocycles. The summed E-state index contributed by atoms with van der Waals surface area (Å²) in [4.78, 5) is 14.6. The molecule has 0 aliphatic carbocycles. The first-order valence-corrected chi connectivity index (χ1v) is 7.63. The number of carbonyl (C=O) groups excluding carboxylic acids is 1. The van der Waals surface area contributed by atoms with Crippen molar-refractivity contribution in [2.24, 2.45) is 0 Å². The lowest BCUT2D eigenvalue weighted by molar-refractivity contribution is -0.132. The van der Waals surface area contributed by atoms with E-state index >= 15 is 0 Å². The van der Waals surface area contributed by atoms with Gasteiger partial charge in [-0.25, -0.2) is 0 Å². The van der Waals surface area contributed by atoms with Gasteiger partial charge in [0.25, 0.3) is 0 Å². The lowest BCUT2D eigenvalue weighted by atomic mass is 10.1. The Morgan fingerprint density at radius 1 is 1.22 bits per heavy atom. The van der Waals surface area contributed by atoms with E-state index in [9.17, 15) is 4.79 Å². The van der Waals surface area contributed by atoms with Crippen LogP contribution in [0.4, 0.5) is 0 Å². The number of nitrogens with zero attached hydrogens (tertiary/aromatic N) is 1. The van der Waals surface area contributed by atoms with Gasteiger partial charge in [-0.2, -0.15) is 0 Å². The van der Waals surface area contributed by atoms with Crippen LogP contribution >= 0.6 is 15.9 Å². The fraction of sp³-hybridized carbons (Fsp3) is 0.533. The predicted octanol–water partition coefficient (Wildman–Crippen LogP) is 3.40. The van der Waals surface area contributed by atoms with Crippen molar-refractivity contribution in [1.29, 1.82) is 0 Å². The molecule has 0 saturated carbocycles. The topological polar surface area (TPSA) is 20.3 Å². The monoisotopic (exact) mass is 309 g/mol. The van der Waals surface area contributed by atoms with Gasteiger partial charge in [-0.05, 0) is 31.2 Å². The first-order chi connectivity index (χ1) is 8.75. The highest BCUT2D eigenvalue weighted by molar-refractivity contribution is 9.09. The number of rotatable bonds is 4. The molecule has 1 aliphatic rings. The molecular weight excluding hydrogens is 290 g/mol. The number of amides is 1. The molecule has 1 aliphatic heterocycles. The molecule has 2 rings (SSSR count). The first-order valence-electron chi connectivity index (χ1n) is 6.71. The van der Waals surface area contributed by atoms with Crippen LogP contribution in [0.2, 0.25) is 0 Å². The number of aryl methyl sites for hydroxylation is 1. The summed E-state index contributed by atoms with van der Waals surface area (Å²) in [5, 5.41) is 0. The number of hydrogen-bond donors (Lipinski definition) is 0. The van der Waals surface area contributed by atoms with E-state index in [0.29, 0.717) is 17.2 Å². The molecule has 1 heterocycles. The molecule has 0 unspecified atom stereocenters. The van der Waals surface area contributed by atoms with Crippen molar-refractivity contribution in [2.75, 3.05) is 13.1 Å². The maximum atomic E-state index is 12.0. The largest absolute Gasteiger partial charge is 0.343 e. The Bertz CT molecular complexity index is 371. The van der Waals surface area contributed by atoms with E-state index in [1.165, 1.54) is 5.56 Å². The molecule has 0 spiro atoms. The molecule has 1 fully saturated rings. The zero-order valence-corrected chi connectivity index (χ0v) is 12.2. The number of halogens is 1. The number of likely N-dealkylation sites (tertiary alicyclic amines) is 1. The molecule has 98 valence electrons. The number of piperidine rings is 1. The quantitative estimate of drug-likeness (QED) is 0.781. The van der Waals surface area contributed by atoms with Gasteiger partial charge in [0.05, 0.1) is 0 Å². The molecule has 1 aromatic rings. The van der Waals surface area contributed by atoms with E-state index in [0.717, 1.165) is 38.8 Å². The summed E-state index contributed by atoms with van der Waals surface area (Å²) >= 11 is 3.61. The van der Waals surface area contributed by atoms with Crippen LogP contribution in [0, 0.1) is 0 Å². The van der Waals surface area contributed by atoms with Crippen LogP contribution in [0.15, 0.2) is 30.3 Å². The van der Waals surface area contributed by atoms with Crippen LogP contribution in [0.1, 0.15) is 31.2 Å². The van der Waals surface area contributed by atoms with Crippen molar-refractivity contribution in [1.82, 2.24) is 4.90 Å². The Morgan fingerprint density at radius 3 is 2.56 bits per heavy atom. The number of carbonyl (C=O) groups is 1. The van der Waals surface area contributed by atoms with Crippen LogP contribution in [0.5, 0.6) is 0 Å². The van der Waals surface area contributed by atoms with Crippen LogP contribution in [0.25, 0.3) is 0 Å². The third-order valence-electron chi connectivity index (χ3n) is 3.48. The molecule has 1 aromatic carbocycles. The van der Waals surface area contributed by atoms with Crippen LogP contribution in [-0.2, 0) is 11.2 Å². The zero-order valence-electron chi connectivity index (χ0n) is 10.6. The fourth-order valence-electron chi connectivity index (χ4n) is 2.34. The molecule has 0 radical (unpaired) electrons. The molecule has 3 heteroatoms. The summed E-state index contributed by atoms with van der Waals surface area (Å²) in [5.41, 5.74) is 1.32. The second-order valence-electron chi connectivity index (χ2n) is 4.89. The third-order valence-corrected chi connectivity index (χ3v) is 4.39. The third kappa shape index (κ3) is 4.13. The molecular formula is C15H20BrNO. The highest BCUT2D eigenvalue weighted by Crippen LogP contribution is 2.18. The zero-order chi connectivity index (χ0) is 12.8. The lowest BCUT2D eigenvalue weighted by Crippen LogP contribution is -2.38. The second-order valence-corrected chi connectivity index (χ2v) is 6.19. The lowest BCUT2D eigenvalue weighted by Gasteiger charge is -2.29. The van der Waals surface area contributed by atoms with Crippen molar-refractivity contribution >= 4 is 21.8 Å². The van der Waals surface area contributed by atoms with Crippen molar-refractivity contribution in [3.05, 3.63) is 35.9 Å². The maximum Gasteiger partial charge on any atom is 0.222 e. The smallest absolute Gasteiger partial charge is 0.222 e. The summed E-state index contributed by atoms with van der Waals surface area (Å²) in [6.07, 6.45) is 4.81. The van der Waals surface area contributed by atoms with Gasteiger partial charge >= 0.3 is 0 Å². The van der Waals surface area contributed by atoms with Crippen LogP contribution in [0.3, 0.4) is 0 Å². The minimum atomic E-state index is 0.324. The van der Waals surface area contributed by atoms with Gasteiger partial charge in [-0.3, -0.25) is 4.79 Å². The maximum absolute atomic E-state index is 12.0. The minimum Gasteiger partial charge on any atom is -0.343 e. The van der Waals surface area contributed by atoms with Gasteiger partial charge in [0.2, 0.25) is 5.91 Å². The molecule has 0 bridgehead atoms. The van der Waals surface area contributed by atoms with Gasteiger partial charge in [-0.1, -0.05) is 46.3 Å². The second kappa shape index (κ2) is 6.93. The number of hydrogen-bond acceptors (Lipinski definition) is 1. The van der Waals surface area contributed by atoms with E-state index in [1.807, 2.05) is 11.0 Å². The van der Waals surface area contributed by atoms with Crippen molar-refractivity contribution in [3.8, 4) is 0 Å². The van der Waals surface area contributed by atoms with E-state index in [1.54, 1.807) is 0 Å². The average molecular weight is 310 g/mol. The van der Waals surface area contributed by atoms with E-state index < -0.39 is 0 Å². The van der Waals surface area contributed by atoms with Gasteiger partial charge in [0, 0.05) is 24.3 Å². The Morgan fingerprint density at radius 2 is 1.89 bits per heavy atom. The highest BCUT2D eigenvalue weighted by Gasteiger charge is 2.20. The van der Waals surface area contributed by atoms with Gasteiger partial charge in [-0.15, -0.1) is 0 Å². The summed E-state index contributed by atoms with van der Waals surface area (Å²) in [6.45, 7) is 1.83. The van der Waals surface area contributed by atoms with E-state index in [2.05, 4.69) is 40.2 Å². The summed E-state index contributed by atoms with van der Waals surface area (Å²) in [5.74, 6) is 0.324.